The average Bonchev–Trinajstić information content (AvgIpc) is 3.55. The Morgan fingerprint density at radius 3 is 2.56 bits per heavy atom. The molecule has 43 heavy (non-hydrogen) atoms. The van der Waals surface area contributed by atoms with Crippen LogP contribution in [0.1, 0.15) is 73.7 Å². The summed E-state index contributed by atoms with van der Waals surface area (Å²) in [5.41, 5.74) is 5.29. The third kappa shape index (κ3) is 8.24. The molecule has 6 rings (SSSR count). The fraction of sp³-hybridized carbons (Fsp3) is 0.472. The van der Waals surface area contributed by atoms with Gasteiger partial charge >= 0.3 is 0 Å². The molecule has 2 saturated heterocycles. The Kier molecular flexibility index (Phi) is 10.4. The van der Waals surface area contributed by atoms with Crippen LogP contribution in [-0.4, -0.2) is 62.0 Å². The smallest absolute Gasteiger partial charge is 0.274 e. The normalized spacial score (nSPS) is 22.1. The first-order chi connectivity index (χ1) is 21.2. The van der Waals surface area contributed by atoms with Gasteiger partial charge in [-0.05, 0) is 66.8 Å². The van der Waals surface area contributed by atoms with Gasteiger partial charge in [-0.3, -0.25) is 9.69 Å². The van der Waals surface area contributed by atoms with Crippen molar-refractivity contribution in [1.29, 1.82) is 0 Å². The van der Waals surface area contributed by atoms with E-state index in [1.54, 1.807) is 0 Å². The summed E-state index contributed by atoms with van der Waals surface area (Å²) in [4.78, 5) is 20.8. The second-order valence-electron chi connectivity index (χ2n) is 12.2. The van der Waals surface area contributed by atoms with Crippen LogP contribution in [0, 0.1) is 0 Å². The van der Waals surface area contributed by atoms with E-state index in [-0.39, 0.29) is 12.2 Å². The molecule has 3 aromatic rings. The predicted molar refractivity (Wildman–Crippen MR) is 171 cm³/mol. The number of fused-ring (bicyclic) bond motifs is 1. The minimum absolute atomic E-state index is 0.269. The van der Waals surface area contributed by atoms with Crippen molar-refractivity contribution in [3.63, 3.8) is 0 Å². The molecular weight excluding hydrogens is 538 g/mol. The van der Waals surface area contributed by atoms with E-state index < -0.39 is 0 Å². The van der Waals surface area contributed by atoms with Crippen LogP contribution in [0.4, 0.5) is 0 Å². The number of carbonyl (C=O) groups excluding carboxylic acids is 1. The van der Waals surface area contributed by atoms with E-state index in [1.165, 1.54) is 56.0 Å². The van der Waals surface area contributed by atoms with E-state index in [2.05, 4.69) is 52.1 Å². The Hall–Kier alpha value is -3.23. The first-order valence-corrected chi connectivity index (χ1v) is 16.2. The quantitative estimate of drug-likeness (QED) is 0.252. The maximum atomic E-state index is 12.6. The summed E-state index contributed by atoms with van der Waals surface area (Å²) in [6, 6.07) is 23.4. The largest absolute Gasteiger partial charge is 0.489 e. The zero-order valence-electron chi connectivity index (χ0n) is 25.1. The molecule has 7 nitrogen and oxygen atoms in total. The highest BCUT2D eigenvalue weighted by Gasteiger charge is 2.28. The van der Waals surface area contributed by atoms with Crippen molar-refractivity contribution in [2.75, 3.05) is 32.8 Å². The van der Waals surface area contributed by atoms with Crippen molar-refractivity contribution >= 4 is 22.8 Å². The second kappa shape index (κ2) is 15.0. The van der Waals surface area contributed by atoms with Gasteiger partial charge in [0.1, 0.15) is 12.4 Å². The lowest BCUT2D eigenvalue weighted by Gasteiger charge is -2.31. The van der Waals surface area contributed by atoms with E-state index in [1.807, 2.05) is 36.4 Å². The summed E-state index contributed by atoms with van der Waals surface area (Å²) in [6.07, 6.45) is 12.7. The highest BCUT2D eigenvalue weighted by molar-refractivity contribution is 5.93. The number of carbonyl (C=O) groups is 1. The molecule has 0 radical (unpaired) electrons. The summed E-state index contributed by atoms with van der Waals surface area (Å²) in [6.45, 7) is 4.22. The van der Waals surface area contributed by atoms with Crippen LogP contribution in [0.3, 0.4) is 0 Å². The lowest BCUT2D eigenvalue weighted by atomic mass is 9.94. The molecule has 3 aromatic carbocycles. The Morgan fingerprint density at radius 2 is 1.72 bits per heavy atom. The lowest BCUT2D eigenvalue weighted by Crippen LogP contribution is -2.39. The molecule has 2 aliphatic heterocycles. The number of rotatable bonds is 11. The number of amides is 1. The maximum Gasteiger partial charge on any atom is 0.274 e. The molecule has 1 saturated carbocycles. The van der Waals surface area contributed by atoms with Crippen LogP contribution in [0.5, 0.6) is 5.75 Å². The van der Waals surface area contributed by atoms with Gasteiger partial charge in [-0.2, -0.15) is 0 Å². The van der Waals surface area contributed by atoms with Crippen molar-refractivity contribution < 1.29 is 19.1 Å². The van der Waals surface area contributed by atoms with Crippen molar-refractivity contribution in [2.45, 2.75) is 76.2 Å². The number of benzene rings is 3. The first-order valence-electron chi connectivity index (χ1n) is 16.2. The van der Waals surface area contributed by atoms with Gasteiger partial charge in [0.15, 0.2) is 6.29 Å². The van der Waals surface area contributed by atoms with E-state index in [9.17, 15) is 4.79 Å². The fourth-order valence-corrected chi connectivity index (χ4v) is 6.59. The maximum absolute atomic E-state index is 12.6. The van der Waals surface area contributed by atoms with Gasteiger partial charge in [-0.15, -0.1) is 0 Å². The Balaban J connectivity index is 1.10. The average molecular weight is 584 g/mol. The standard InChI is InChI=1S/C36H45N3O4/c40-36(38-43-35-15-6-7-22-41-35)30-18-16-27(17-19-30)23-28(26-42-34-14-8-10-29-9-4-5-13-33(29)34)24-37-31-20-21-39(25-31)32-11-2-1-3-12-32/h4-5,8-10,13-14,16-19,23,31-32,35,37H,1-3,6-7,11-12,15,20-22,24-26H2,(H,38,40)/b28-23+. The molecule has 3 fully saturated rings. The summed E-state index contributed by atoms with van der Waals surface area (Å²) in [5, 5.41) is 6.13. The Morgan fingerprint density at radius 1 is 0.907 bits per heavy atom. The molecule has 228 valence electrons. The molecule has 0 bridgehead atoms. The zero-order valence-corrected chi connectivity index (χ0v) is 25.1. The predicted octanol–water partition coefficient (Wildman–Crippen LogP) is 6.49. The van der Waals surface area contributed by atoms with Gasteiger partial charge in [0.2, 0.25) is 0 Å². The summed E-state index contributed by atoms with van der Waals surface area (Å²) in [5.74, 6) is 0.622. The molecule has 7 heteroatoms. The molecule has 2 unspecified atom stereocenters. The van der Waals surface area contributed by atoms with Gasteiger partial charge in [0, 0.05) is 55.7 Å². The van der Waals surface area contributed by atoms with Gasteiger partial charge < -0.3 is 14.8 Å². The monoisotopic (exact) mass is 583 g/mol. The number of hydrogen-bond acceptors (Lipinski definition) is 6. The molecule has 2 N–H and O–H groups in total. The molecular formula is C36H45N3O4. The van der Waals surface area contributed by atoms with E-state index in [4.69, 9.17) is 14.3 Å². The molecule has 2 heterocycles. The number of hydrogen-bond donors (Lipinski definition) is 2. The van der Waals surface area contributed by atoms with Gasteiger partial charge in [0.05, 0.1) is 0 Å². The summed E-state index contributed by atoms with van der Waals surface area (Å²) < 4.78 is 12.0. The van der Waals surface area contributed by atoms with E-state index >= 15 is 0 Å². The number of nitrogens with one attached hydrogen (secondary N) is 2. The zero-order chi connectivity index (χ0) is 29.3. The Bertz CT molecular complexity index is 1360. The van der Waals surface area contributed by atoms with E-state index in [0.29, 0.717) is 24.8 Å². The number of ether oxygens (including phenoxy) is 2. The highest BCUT2D eigenvalue weighted by atomic mass is 16.8. The molecule has 3 aliphatic rings. The van der Waals surface area contributed by atoms with Crippen molar-refractivity contribution in [3.05, 3.63) is 83.4 Å². The third-order valence-electron chi connectivity index (χ3n) is 9.06. The summed E-state index contributed by atoms with van der Waals surface area (Å²) in [7, 11) is 0. The molecule has 0 aromatic heterocycles. The number of hydroxylamine groups is 1. The summed E-state index contributed by atoms with van der Waals surface area (Å²) >= 11 is 0. The topological polar surface area (TPSA) is 72.1 Å². The fourth-order valence-electron chi connectivity index (χ4n) is 6.59. The molecule has 2 atom stereocenters. The van der Waals surface area contributed by atoms with E-state index in [0.717, 1.165) is 55.1 Å². The van der Waals surface area contributed by atoms with Crippen LogP contribution in [0.2, 0.25) is 0 Å². The molecule has 1 amide bonds. The van der Waals surface area contributed by atoms with Crippen molar-refractivity contribution in [1.82, 2.24) is 15.7 Å². The number of likely N-dealkylation sites (tertiary alicyclic amines) is 1. The second-order valence-corrected chi connectivity index (χ2v) is 12.2. The van der Waals surface area contributed by atoms with Crippen molar-refractivity contribution in [3.8, 4) is 5.75 Å². The molecule has 1 aliphatic carbocycles. The van der Waals surface area contributed by atoms with Gasteiger partial charge in [-0.25, -0.2) is 10.3 Å². The third-order valence-corrected chi connectivity index (χ3v) is 9.06. The van der Waals surface area contributed by atoms with Crippen LogP contribution in [-0.2, 0) is 9.57 Å². The van der Waals surface area contributed by atoms with Crippen LogP contribution >= 0.6 is 0 Å². The number of nitrogens with zero attached hydrogens (tertiary/aromatic N) is 1. The van der Waals surface area contributed by atoms with Gasteiger partial charge in [-0.1, -0.05) is 73.9 Å². The SMILES string of the molecule is O=C(NOC1CCCCO1)c1ccc(/C=C(\CNC2CCN(C3CCCCC3)C2)COc2cccc3ccccc23)cc1. The van der Waals surface area contributed by atoms with Crippen LogP contribution in [0.15, 0.2) is 72.3 Å². The Labute approximate surface area is 255 Å². The van der Waals surface area contributed by atoms with Gasteiger partial charge in [0.25, 0.3) is 5.91 Å². The van der Waals surface area contributed by atoms with Crippen LogP contribution < -0.4 is 15.5 Å². The minimum atomic E-state index is -0.369. The lowest BCUT2D eigenvalue weighted by molar-refractivity contribution is -0.186. The molecule has 0 spiro atoms. The van der Waals surface area contributed by atoms with Crippen molar-refractivity contribution in [2.24, 2.45) is 0 Å². The first kappa shape index (κ1) is 29.8. The minimum Gasteiger partial charge on any atom is -0.489 e. The van der Waals surface area contributed by atoms with Crippen LogP contribution in [0.25, 0.3) is 16.8 Å². The highest BCUT2D eigenvalue weighted by Crippen LogP contribution is 2.27.